The van der Waals surface area contributed by atoms with E-state index in [4.69, 9.17) is 0 Å². The SMILES string of the molecule is CC(C)CCn1c(SCC(=O)Nc2cccc(C(C)C)c2)nc2ccccc2c1=O. The van der Waals surface area contributed by atoms with Gasteiger partial charge in [0.15, 0.2) is 5.16 Å². The monoisotopic (exact) mass is 423 g/mol. The number of nitrogens with one attached hydrogen (secondary N) is 1. The number of carbonyl (C=O) groups is 1. The van der Waals surface area contributed by atoms with Crippen LogP contribution in [0.15, 0.2) is 58.5 Å². The fourth-order valence-electron chi connectivity index (χ4n) is 3.15. The number of carbonyl (C=O) groups excluding carboxylic acids is 1. The molecule has 0 fully saturated rings. The van der Waals surface area contributed by atoms with Crippen LogP contribution < -0.4 is 10.9 Å². The van der Waals surface area contributed by atoms with Crippen LogP contribution in [0.25, 0.3) is 10.9 Å². The Morgan fingerprint density at radius 1 is 1.10 bits per heavy atom. The van der Waals surface area contributed by atoms with Gasteiger partial charge in [0, 0.05) is 12.2 Å². The molecular weight excluding hydrogens is 394 g/mol. The number of fused-ring (bicyclic) bond motifs is 1. The van der Waals surface area contributed by atoms with Crippen LogP contribution in [0.2, 0.25) is 0 Å². The van der Waals surface area contributed by atoms with Crippen LogP contribution in [-0.2, 0) is 11.3 Å². The average molecular weight is 424 g/mol. The van der Waals surface area contributed by atoms with Crippen LogP contribution in [0.5, 0.6) is 0 Å². The van der Waals surface area contributed by atoms with Crippen LogP contribution >= 0.6 is 11.8 Å². The summed E-state index contributed by atoms with van der Waals surface area (Å²) in [6, 6.07) is 15.3. The molecule has 2 aromatic carbocycles. The van der Waals surface area contributed by atoms with Gasteiger partial charge in [-0.1, -0.05) is 63.7 Å². The van der Waals surface area contributed by atoms with Crippen LogP contribution in [0.3, 0.4) is 0 Å². The van der Waals surface area contributed by atoms with Crippen LogP contribution in [-0.4, -0.2) is 21.2 Å². The molecule has 1 heterocycles. The Labute approximate surface area is 181 Å². The maximum absolute atomic E-state index is 13.0. The summed E-state index contributed by atoms with van der Waals surface area (Å²) in [5.41, 5.74) is 2.58. The lowest BCUT2D eigenvalue weighted by molar-refractivity contribution is -0.113. The first-order valence-electron chi connectivity index (χ1n) is 10.4. The highest BCUT2D eigenvalue weighted by atomic mass is 32.2. The molecule has 0 aliphatic rings. The molecule has 1 N–H and O–H groups in total. The Morgan fingerprint density at radius 3 is 2.60 bits per heavy atom. The first-order valence-corrected chi connectivity index (χ1v) is 11.4. The topological polar surface area (TPSA) is 64.0 Å². The summed E-state index contributed by atoms with van der Waals surface area (Å²) in [5, 5.41) is 4.15. The van der Waals surface area contributed by atoms with Gasteiger partial charge in [0.05, 0.1) is 16.7 Å². The molecule has 0 atom stereocenters. The van der Waals surface area contributed by atoms with E-state index < -0.39 is 0 Å². The number of rotatable bonds is 8. The number of aromatic nitrogens is 2. The van der Waals surface area contributed by atoms with Crippen molar-refractivity contribution in [3.05, 3.63) is 64.4 Å². The van der Waals surface area contributed by atoms with E-state index >= 15 is 0 Å². The Kier molecular flexibility index (Phi) is 7.32. The number of hydrogen-bond acceptors (Lipinski definition) is 4. The highest BCUT2D eigenvalue weighted by Gasteiger charge is 2.14. The van der Waals surface area contributed by atoms with E-state index in [0.29, 0.717) is 34.4 Å². The molecule has 0 bridgehead atoms. The Morgan fingerprint density at radius 2 is 1.87 bits per heavy atom. The largest absolute Gasteiger partial charge is 0.325 e. The minimum absolute atomic E-state index is 0.0474. The number of benzene rings is 2. The second-order valence-corrected chi connectivity index (χ2v) is 9.11. The third-order valence-corrected chi connectivity index (χ3v) is 5.90. The maximum Gasteiger partial charge on any atom is 0.262 e. The Hall–Kier alpha value is -2.60. The molecule has 3 aromatic rings. The normalized spacial score (nSPS) is 11.4. The summed E-state index contributed by atoms with van der Waals surface area (Å²) in [4.78, 5) is 30.2. The molecule has 0 saturated carbocycles. The average Bonchev–Trinajstić information content (AvgIpc) is 2.71. The van der Waals surface area contributed by atoms with Crippen molar-refractivity contribution >= 4 is 34.3 Å². The lowest BCUT2D eigenvalue weighted by Gasteiger charge is -2.14. The van der Waals surface area contributed by atoms with E-state index in [9.17, 15) is 9.59 Å². The predicted molar refractivity (Wildman–Crippen MR) is 125 cm³/mol. The zero-order valence-electron chi connectivity index (χ0n) is 18.0. The van der Waals surface area contributed by atoms with E-state index in [-0.39, 0.29) is 17.2 Å². The van der Waals surface area contributed by atoms with Gasteiger partial charge in [-0.2, -0.15) is 0 Å². The zero-order valence-corrected chi connectivity index (χ0v) is 18.8. The molecule has 0 unspecified atom stereocenters. The molecular formula is C24H29N3O2S. The molecule has 30 heavy (non-hydrogen) atoms. The Balaban J connectivity index is 1.78. The van der Waals surface area contributed by atoms with Crippen LogP contribution in [0, 0.1) is 5.92 Å². The van der Waals surface area contributed by atoms with Gasteiger partial charge in [-0.15, -0.1) is 0 Å². The molecule has 1 aromatic heterocycles. The molecule has 5 nitrogen and oxygen atoms in total. The number of anilines is 1. The van der Waals surface area contributed by atoms with Gasteiger partial charge in [-0.05, 0) is 48.1 Å². The summed E-state index contributed by atoms with van der Waals surface area (Å²) >= 11 is 1.31. The quantitative estimate of drug-likeness (QED) is 0.395. The third kappa shape index (κ3) is 5.51. The highest BCUT2D eigenvalue weighted by Crippen LogP contribution is 2.21. The Bertz CT molecular complexity index is 1090. The third-order valence-electron chi connectivity index (χ3n) is 4.93. The van der Waals surface area contributed by atoms with Gasteiger partial charge in [-0.3, -0.25) is 14.2 Å². The van der Waals surface area contributed by atoms with E-state index in [0.717, 1.165) is 12.1 Å². The number of para-hydroxylation sites is 1. The molecule has 1 amide bonds. The van der Waals surface area contributed by atoms with Gasteiger partial charge in [0.25, 0.3) is 5.56 Å². The van der Waals surface area contributed by atoms with Crippen molar-refractivity contribution in [1.29, 1.82) is 0 Å². The summed E-state index contributed by atoms with van der Waals surface area (Å²) in [6.07, 6.45) is 0.877. The van der Waals surface area contributed by atoms with Crippen molar-refractivity contribution in [3.63, 3.8) is 0 Å². The molecule has 0 aliphatic carbocycles. The highest BCUT2D eigenvalue weighted by molar-refractivity contribution is 7.99. The molecule has 0 saturated heterocycles. The maximum atomic E-state index is 13.0. The first kappa shape index (κ1) is 22.1. The minimum Gasteiger partial charge on any atom is -0.325 e. The molecule has 6 heteroatoms. The number of thioether (sulfide) groups is 1. The second-order valence-electron chi connectivity index (χ2n) is 8.17. The fraction of sp³-hybridized carbons (Fsp3) is 0.375. The molecule has 0 spiro atoms. The lowest BCUT2D eigenvalue weighted by Crippen LogP contribution is -2.25. The van der Waals surface area contributed by atoms with Crippen molar-refractivity contribution in [2.24, 2.45) is 5.92 Å². The predicted octanol–water partition coefficient (Wildman–Crippen LogP) is 5.30. The van der Waals surface area contributed by atoms with Gasteiger partial charge in [0.2, 0.25) is 5.91 Å². The van der Waals surface area contributed by atoms with Crippen molar-refractivity contribution < 1.29 is 4.79 Å². The fourth-order valence-corrected chi connectivity index (χ4v) is 3.97. The molecule has 3 rings (SSSR count). The van der Waals surface area contributed by atoms with E-state index in [1.54, 1.807) is 10.6 Å². The van der Waals surface area contributed by atoms with Crippen molar-refractivity contribution in [2.75, 3.05) is 11.1 Å². The summed E-state index contributed by atoms with van der Waals surface area (Å²) in [5.74, 6) is 0.947. The van der Waals surface area contributed by atoms with Crippen molar-refractivity contribution in [2.45, 2.75) is 51.7 Å². The first-order chi connectivity index (χ1) is 14.3. The molecule has 0 radical (unpaired) electrons. The number of hydrogen-bond donors (Lipinski definition) is 1. The number of nitrogens with zero attached hydrogens (tertiary/aromatic N) is 2. The van der Waals surface area contributed by atoms with Gasteiger partial charge < -0.3 is 5.32 Å². The van der Waals surface area contributed by atoms with Crippen LogP contribution in [0.4, 0.5) is 5.69 Å². The standard InChI is InChI=1S/C24H29N3O2S/c1-16(2)12-13-27-23(29)20-10-5-6-11-21(20)26-24(27)30-15-22(28)25-19-9-7-8-18(14-19)17(3)4/h5-11,14,16-17H,12-13,15H2,1-4H3,(H,25,28). The van der Waals surface area contributed by atoms with Crippen molar-refractivity contribution in [3.8, 4) is 0 Å². The second kappa shape index (κ2) is 9.94. The lowest BCUT2D eigenvalue weighted by atomic mass is 10.0. The van der Waals surface area contributed by atoms with Crippen molar-refractivity contribution in [1.82, 2.24) is 9.55 Å². The smallest absolute Gasteiger partial charge is 0.262 e. The summed E-state index contributed by atoms with van der Waals surface area (Å²) < 4.78 is 1.71. The van der Waals surface area contributed by atoms with Gasteiger partial charge in [-0.25, -0.2) is 4.98 Å². The summed E-state index contributed by atoms with van der Waals surface area (Å²) in [6.45, 7) is 9.10. The number of amides is 1. The van der Waals surface area contributed by atoms with E-state index in [2.05, 4.69) is 44.1 Å². The summed E-state index contributed by atoms with van der Waals surface area (Å²) in [7, 11) is 0. The minimum atomic E-state index is -0.112. The van der Waals surface area contributed by atoms with Gasteiger partial charge >= 0.3 is 0 Å². The molecule has 158 valence electrons. The van der Waals surface area contributed by atoms with E-state index in [1.807, 2.05) is 36.4 Å². The van der Waals surface area contributed by atoms with Gasteiger partial charge in [0.1, 0.15) is 0 Å². The zero-order chi connectivity index (χ0) is 21.7. The molecule has 0 aliphatic heterocycles. The van der Waals surface area contributed by atoms with Crippen LogP contribution in [0.1, 0.15) is 45.6 Å². The van der Waals surface area contributed by atoms with E-state index in [1.165, 1.54) is 17.3 Å².